The highest BCUT2D eigenvalue weighted by molar-refractivity contribution is 6.19. The number of amides is 1. The van der Waals surface area contributed by atoms with Crippen LogP contribution in [0.3, 0.4) is 0 Å². The predicted octanol–water partition coefficient (Wildman–Crippen LogP) is 2.21. The third-order valence-corrected chi connectivity index (χ3v) is 3.18. The Morgan fingerprint density at radius 2 is 2.05 bits per heavy atom. The van der Waals surface area contributed by atoms with E-state index in [1.54, 1.807) is 38.5 Å². The van der Waals surface area contributed by atoms with E-state index in [2.05, 4.69) is 10.3 Å². The van der Waals surface area contributed by atoms with Crippen molar-refractivity contribution in [1.29, 1.82) is 0 Å². The number of carbonyl (C=O) groups excluding carboxylic acids is 1. The number of methoxy groups -OCH3 is 2. The van der Waals surface area contributed by atoms with Gasteiger partial charge in [0.1, 0.15) is 5.70 Å². The van der Waals surface area contributed by atoms with E-state index in [-0.39, 0.29) is 11.6 Å². The van der Waals surface area contributed by atoms with E-state index in [1.165, 1.54) is 6.26 Å². The summed E-state index contributed by atoms with van der Waals surface area (Å²) in [6.45, 7) is 0. The number of hydrogen-bond donors (Lipinski definition) is 1. The number of aliphatic imine (C=N–C) groups is 1. The lowest BCUT2D eigenvalue weighted by atomic mass is 10.1. The van der Waals surface area contributed by atoms with E-state index in [4.69, 9.17) is 13.9 Å². The highest BCUT2D eigenvalue weighted by Crippen LogP contribution is 2.32. The van der Waals surface area contributed by atoms with Crippen molar-refractivity contribution in [3.8, 4) is 11.5 Å². The molecule has 6 heteroatoms. The minimum Gasteiger partial charge on any atom is -0.493 e. The van der Waals surface area contributed by atoms with Crippen molar-refractivity contribution in [2.24, 2.45) is 4.99 Å². The quantitative estimate of drug-likeness (QED) is 0.878. The number of benzene rings is 1. The van der Waals surface area contributed by atoms with E-state index < -0.39 is 0 Å². The molecule has 0 fully saturated rings. The van der Waals surface area contributed by atoms with Gasteiger partial charge in [-0.05, 0) is 24.3 Å². The van der Waals surface area contributed by atoms with Crippen LogP contribution in [0.2, 0.25) is 0 Å². The third-order valence-electron chi connectivity index (χ3n) is 3.18. The summed E-state index contributed by atoms with van der Waals surface area (Å²) >= 11 is 0. The number of nitrogens with zero attached hydrogens (tertiary/aromatic N) is 1. The van der Waals surface area contributed by atoms with Crippen LogP contribution in [0.25, 0.3) is 6.08 Å². The van der Waals surface area contributed by atoms with Gasteiger partial charge in [0.05, 0.1) is 20.5 Å². The Morgan fingerprint density at radius 1 is 1.18 bits per heavy atom. The van der Waals surface area contributed by atoms with Crippen LogP contribution >= 0.6 is 0 Å². The lowest BCUT2D eigenvalue weighted by Crippen LogP contribution is -2.24. The molecule has 2 heterocycles. The van der Waals surface area contributed by atoms with Gasteiger partial charge in [0.15, 0.2) is 23.1 Å². The Kier molecular flexibility index (Phi) is 3.65. The van der Waals surface area contributed by atoms with Gasteiger partial charge in [0.25, 0.3) is 5.91 Å². The fourth-order valence-corrected chi connectivity index (χ4v) is 2.17. The molecule has 1 aliphatic heterocycles. The Bertz CT molecular complexity index is 760. The number of amidine groups is 1. The summed E-state index contributed by atoms with van der Waals surface area (Å²) < 4.78 is 15.8. The monoisotopic (exact) mass is 298 g/mol. The average molecular weight is 298 g/mol. The largest absolute Gasteiger partial charge is 0.493 e. The van der Waals surface area contributed by atoms with Gasteiger partial charge in [-0.1, -0.05) is 12.1 Å². The summed E-state index contributed by atoms with van der Waals surface area (Å²) in [6.07, 6.45) is 3.17. The Balaban J connectivity index is 2.00. The molecule has 0 saturated heterocycles. The molecular formula is C16H14N2O4. The first kappa shape index (κ1) is 13.9. The topological polar surface area (TPSA) is 73.1 Å². The standard InChI is InChI=1S/C16H14N2O4/c1-20-12-6-3-5-10(14(12)21-2)9-11-16(19)18-15(17-11)13-7-4-8-22-13/h3-9H,1-2H3,(H,17,18,19). The molecule has 1 aromatic carbocycles. The summed E-state index contributed by atoms with van der Waals surface area (Å²) in [5.41, 5.74) is 0.981. The number of nitrogens with one attached hydrogen (secondary N) is 1. The molecule has 22 heavy (non-hydrogen) atoms. The van der Waals surface area contributed by atoms with Gasteiger partial charge in [0, 0.05) is 5.56 Å². The van der Waals surface area contributed by atoms with Crippen molar-refractivity contribution in [1.82, 2.24) is 5.32 Å². The number of furan rings is 1. The molecule has 0 bridgehead atoms. The van der Waals surface area contributed by atoms with Crippen molar-refractivity contribution < 1.29 is 18.7 Å². The zero-order valence-corrected chi connectivity index (χ0v) is 12.1. The molecule has 1 aliphatic rings. The molecule has 0 spiro atoms. The van der Waals surface area contributed by atoms with Crippen molar-refractivity contribution in [3.05, 3.63) is 53.6 Å². The second-order valence-corrected chi connectivity index (χ2v) is 4.50. The number of rotatable bonds is 4. The van der Waals surface area contributed by atoms with Crippen LogP contribution in [0, 0.1) is 0 Å². The van der Waals surface area contributed by atoms with Gasteiger partial charge in [0.2, 0.25) is 0 Å². The fourth-order valence-electron chi connectivity index (χ4n) is 2.17. The van der Waals surface area contributed by atoms with E-state index in [0.29, 0.717) is 28.7 Å². The minimum atomic E-state index is -0.295. The number of para-hydroxylation sites is 1. The number of hydrogen-bond acceptors (Lipinski definition) is 5. The van der Waals surface area contributed by atoms with Crippen LogP contribution < -0.4 is 14.8 Å². The molecule has 0 atom stereocenters. The van der Waals surface area contributed by atoms with Crippen molar-refractivity contribution in [3.63, 3.8) is 0 Å². The molecule has 112 valence electrons. The summed E-state index contributed by atoms with van der Waals surface area (Å²) in [4.78, 5) is 16.3. The molecule has 3 rings (SSSR count). The Morgan fingerprint density at radius 3 is 2.73 bits per heavy atom. The SMILES string of the molecule is COc1cccc(C=C2N=C(c3ccco3)NC2=O)c1OC. The molecule has 0 unspecified atom stereocenters. The average Bonchev–Trinajstić information content (AvgIpc) is 3.17. The van der Waals surface area contributed by atoms with Gasteiger partial charge < -0.3 is 19.2 Å². The second-order valence-electron chi connectivity index (χ2n) is 4.50. The lowest BCUT2D eigenvalue weighted by Gasteiger charge is -2.09. The summed E-state index contributed by atoms with van der Waals surface area (Å²) in [6, 6.07) is 8.89. The first-order valence-corrected chi connectivity index (χ1v) is 6.59. The fraction of sp³-hybridized carbons (Fsp3) is 0.125. The van der Waals surface area contributed by atoms with Crippen LogP contribution in [-0.2, 0) is 4.79 Å². The maximum absolute atomic E-state index is 12.0. The van der Waals surface area contributed by atoms with Crippen LogP contribution in [-0.4, -0.2) is 26.0 Å². The van der Waals surface area contributed by atoms with E-state index in [1.807, 2.05) is 12.1 Å². The third kappa shape index (κ3) is 2.46. The van der Waals surface area contributed by atoms with Gasteiger partial charge in [-0.2, -0.15) is 0 Å². The zero-order valence-electron chi connectivity index (χ0n) is 12.1. The van der Waals surface area contributed by atoms with Gasteiger partial charge in [-0.25, -0.2) is 4.99 Å². The zero-order chi connectivity index (χ0) is 15.5. The van der Waals surface area contributed by atoms with Crippen molar-refractivity contribution >= 4 is 17.8 Å². The molecular weight excluding hydrogens is 284 g/mol. The minimum absolute atomic E-state index is 0.276. The summed E-state index contributed by atoms with van der Waals surface area (Å²) in [7, 11) is 3.11. The van der Waals surface area contributed by atoms with Crippen LogP contribution in [0.5, 0.6) is 11.5 Å². The van der Waals surface area contributed by atoms with E-state index >= 15 is 0 Å². The molecule has 6 nitrogen and oxygen atoms in total. The van der Waals surface area contributed by atoms with E-state index in [9.17, 15) is 4.79 Å². The van der Waals surface area contributed by atoms with Gasteiger partial charge in [-0.15, -0.1) is 0 Å². The molecule has 1 aromatic heterocycles. The van der Waals surface area contributed by atoms with Crippen LogP contribution in [0.1, 0.15) is 11.3 Å². The molecule has 0 saturated carbocycles. The lowest BCUT2D eigenvalue weighted by molar-refractivity contribution is -0.115. The van der Waals surface area contributed by atoms with Gasteiger partial charge >= 0.3 is 0 Å². The normalized spacial score (nSPS) is 15.6. The van der Waals surface area contributed by atoms with Crippen LogP contribution in [0.15, 0.2) is 51.7 Å². The highest BCUT2D eigenvalue weighted by Gasteiger charge is 2.23. The first-order chi connectivity index (χ1) is 10.7. The van der Waals surface area contributed by atoms with Gasteiger partial charge in [-0.3, -0.25) is 4.79 Å². The summed E-state index contributed by atoms with van der Waals surface area (Å²) in [5.74, 6) is 1.74. The molecule has 0 aliphatic carbocycles. The first-order valence-electron chi connectivity index (χ1n) is 6.59. The molecule has 1 N–H and O–H groups in total. The molecule has 2 aromatic rings. The van der Waals surface area contributed by atoms with Crippen molar-refractivity contribution in [2.45, 2.75) is 0 Å². The highest BCUT2D eigenvalue weighted by atomic mass is 16.5. The predicted molar refractivity (Wildman–Crippen MR) is 80.9 cm³/mol. The van der Waals surface area contributed by atoms with E-state index in [0.717, 1.165) is 0 Å². The maximum Gasteiger partial charge on any atom is 0.275 e. The Labute approximate surface area is 127 Å². The second kappa shape index (κ2) is 5.77. The molecule has 0 radical (unpaired) electrons. The number of carbonyl (C=O) groups is 1. The van der Waals surface area contributed by atoms with Crippen LogP contribution in [0.4, 0.5) is 0 Å². The maximum atomic E-state index is 12.0. The number of ether oxygens (including phenoxy) is 2. The Hall–Kier alpha value is -3.02. The summed E-state index contributed by atoms with van der Waals surface area (Å²) in [5, 5.41) is 2.67. The molecule has 1 amide bonds. The smallest absolute Gasteiger partial charge is 0.275 e. The van der Waals surface area contributed by atoms with Crippen molar-refractivity contribution in [2.75, 3.05) is 14.2 Å².